The highest BCUT2D eigenvalue weighted by atomic mass is 32.1. The van der Waals surface area contributed by atoms with Crippen LogP contribution in [0, 0.1) is 5.41 Å². The average Bonchev–Trinajstić information content (AvgIpc) is 2.98. The van der Waals surface area contributed by atoms with E-state index in [1.54, 1.807) is 11.3 Å². The van der Waals surface area contributed by atoms with Crippen molar-refractivity contribution < 1.29 is 9.90 Å². The van der Waals surface area contributed by atoms with Crippen LogP contribution in [0.3, 0.4) is 0 Å². The number of benzene rings is 1. The fourth-order valence-electron chi connectivity index (χ4n) is 3.12. The van der Waals surface area contributed by atoms with Crippen LogP contribution >= 0.6 is 11.3 Å². The fraction of sp³-hybridized carbons (Fsp3) is 0.353. The molecule has 0 saturated carbocycles. The Labute approximate surface area is 123 Å². The number of carboxylic acid groups (broad SMARTS) is 1. The van der Waals surface area contributed by atoms with Gasteiger partial charge in [-0.05, 0) is 54.7 Å². The van der Waals surface area contributed by atoms with Gasteiger partial charge in [0, 0.05) is 4.88 Å². The minimum atomic E-state index is -0.636. The van der Waals surface area contributed by atoms with Crippen LogP contribution in [-0.2, 0) is 24.1 Å². The lowest BCUT2D eigenvalue weighted by Gasteiger charge is -2.34. The van der Waals surface area contributed by atoms with Gasteiger partial charge in [-0.15, -0.1) is 11.3 Å². The zero-order valence-electron chi connectivity index (χ0n) is 11.3. The maximum atomic E-state index is 11.8. The van der Waals surface area contributed by atoms with Crippen LogP contribution in [-0.4, -0.2) is 11.1 Å². The molecule has 0 amide bonds. The van der Waals surface area contributed by atoms with Crippen molar-refractivity contribution in [2.45, 2.75) is 32.1 Å². The molecule has 20 heavy (non-hydrogen) atoms. The summed E-state index contributed by atoms with van der Waals surface area (Å²) < 4.78 is 0. The molecule has 2 aromatic rings. The van der Waals surface area contributed by atoms with Gasteiger partial charge in [0.2, 0.25) is 0 Å². The monoisotopic (exact) mass is 286 g/mol. The van der Waals surface area contributed by atoms with Crippen LogP contribution in [0.1, 0.15) is 28.8 Å². The standard InChI is InChI=1S/C17H18O2S/c18-16(19)17(10-8-15-6-3-11-20-15)9-7-13-4-1-2-5-14(13)12-17/h1-6,11H,7-10,12H2,(H,18,19). The van der Waals surface area contributed by atoms with E-state index in [4.69, 9.17) is 0 Å². The summed E-state index contributed by atoms with van der Waals surface area (Å²) in [6.07, 6.45) is 3.91. The van der Waals surface area contributed by atoms with Gasteiger partial charge in [0.05, 0.1) is 5.41 Å². The van der Waals surface area contributed by atoms with E-state index in [1.807, 2.05) is 18.2 Å². The van der Waals surface area contributed by atoms with Gasteiger partial charge in [0.15, 0.2) is 0 Å². The van der Waals surface area contributed by atoms with Crippen molar-refractivity contribution in [3.05, 3.63) is 57.8 Å². The highest BCUT2D eigenvalue weighted by Crippen LogP contribution is 2.39. The zero-order valence-corrected chi connectivity index (χ0v) is 12.2. The van der Waals surface area contributed by atoms with E-state index in [-0.39, 0.29) is 0 Å². The molecular weight excluding hydrogens is 268 g/mol. The summed E-state index contributed by atoms with van der Waals surface area (Å²) in [6.45, 7) is 0. The first-order valence-corrected chi connectivity index (χ1v) is 7.90. The van der Waals surface area contributed by atoms with E-state index in [2.05, 4.69) is 23.6 Å². The molecule has 3 heteroatoms. The third-order valence-corrected chi connectivity index (χ3v) is 5.34. The van der Waals surface area contributed by atoms with Gasteiger partial charge in [-0.3, -0.25) is 4.79 Å². The normalized spacial score (nSPS) is 21.4. The van der Waals surface area contributed by atoms with E-state index < -0.39 is 11.4 Å². The molecule has 0 bridgehead atoms. The third-order valence-electron chi connectivity index (χ3n) is 4.40. The number of aryl methyl sites for hydroxylation is 2. The maximum Gasteiger partial charge on any atom is 0.309 e. The van der Waals surface area contributed by atoms with Crippen LogP contribution < -0.4 is 0 Å². The lowest BCUT2D eigenvalue weighted by Crippen LogP contribution is -2.37. The Morgan fingerprint density at radius 2 is 2.00 bits per heavy atom. The minimum Gasteiger partial charge on any atom is -0.481 e. The Bertz CT molecular complexity index is 603. The summed E-state index contributed by atoms with van der Waals surface area (Å²) in [7, 11) is 0. The average molecular weight is 286 g/mol. The molecule has 0 saturated heterocycles. The first-order chi connectivity index (χ1) is 9.70. The van der Waals surface area contributed by atoms with Crippen LogP contribution in [0.4, 0.5) is 0 Å². The Hall–Kier alpha value is -1.61. The number of fused-ring (bicyclic) bond motifs is 1. The molecule has 0 spiro atoms. The molecule has 1 aliphatic rings. The van der Waals surface area contributed by atoms with Gasteiger partial charge >= 0.3 is 5.97 Å². The topological polar surface area (TPSA) is 37.3 Å². The summed E-state index contributed by atoms with van der Waals surface area (Å²) in [6, 6.07) is 12.4. The molecule has 2 nitrogen and oxygen atoms in total. The van der Waals surface area contributed by atoms with E-state index in [0.29, 0.717) is 6.42 Å². The lowest BCUT2D eigenvalue weighted by atomic mass is 9.69. The van der Waals surface area contributed by atoms with Crippen molar-refractivity contribution in [3.63, 3.8) is 0 Å². The number of hydrogen-bond donors (Lipinski definition) is 1. The Morgan fingerprint density at radius 3 is 2.70 bits per heavy atom. The maximum absolute atomic E-state index is 11.8. The molecule has 1 N–H and O–H groups in total. The number of carboxylic acids is 1. The fourth-order valence-corrected chi connectivity index (χ4v) is 3.83. The van der Waals surface area contributed by atoms with Crippen molar-refractivity contribution in [2.24, 2.45) is 5.41 Å². The second kappa shape index (κ2) is 5.41. The molecule has 104 valence electrons. The Balaban J connectivity index is 1.81. The predicted molar refractivity (Wildman–Crippen MR) is 81.2 cm³/mol. The second-order valence-electron chi connectivity index (χ2n) is 5.61. The summed E-state index contributed by atoms with van der Waals surface area (Å²) in [4.78, 5) is 13.1. The van der Waals surface area contributed by atoms with Gasteiger partial charge in [0.25, 0.3) is 0 Å². The van der Waals surface area contributed by atoms with Gasteiger partial charge in [-0.25, -0.2) is 0 Å². The number of hydrogen-bond acceptors (Lipinski definition) is 2. The number of thiophene rings is 1. The first-order valence-electron chi connectivity index (χ1n) is 7.02. The van der Waals surface area contributed by atoms with E-state index in [0.717, 1.165) is 25.7 Å². The molecule has 1 unspecified atom stereocenters. The van der Waals surface area contributed by atoms with Crippen molar-refractivity contribution in [1.29, 1.82) is 0 Å². The van der Waals surface area contributed by atoms with Crippen LogP contribution in [0.2, 0.25) is 0 Å². The molecule has 1 atom stereocenters. The van der Waals surface area contributed by atoms with Gasteiger partial charge in [0.1, 0.15) is 0 Å². The number of carbonyl (C=O) groups is 1. The van der Waals surface area contributed by atoms with Crippen LogP contribution in [0.15, 0.2) is 41.8 Å². The van der Waals surface area contributed by atoms with E-state index in [9.17, 15) is 9.90 Å². The van der Waals surface area contributed by atoms with Crippen LogP contribution in [0.5, 0.6) is 0 Å². The molecule has 0 aliphatic heterocycles. The van der Waals surface area contributed by atoms with Crippen molar-refractivity contribution in [1.82, 2.24) is 0 Å². The van der Waals surface area contributed by atoms with Crippen molar-refractivity contribution >= 4 is 17.3 Å². The van der Waals surface area contributed by atoms with E-state index >= 15 is 0 Å². The number of rotatable bonds is 4. The number of aliphatic carboxylic acids is 1. The third kappa shape index (κ3) is 2.50. The van der Waals surface area contributed by atoms with Gasteiger partial charge in [-0.2, -0.15) is 0 Å². The van der Waals surface area contributed by atoms with Crippen molar-refractivity contribution in [3.8, 4) is 0 Å². The molecule has 1 aromatic heterocycles. The summed E-state index contributed by atoms with van der Waals surface area (Å²) in [5.74, 6) is -0.636. The molecule has 0 fully saturated rings. The SMILES string of the molecule is O=C(O)C1(CCc2cccs2)CCc2ccccc2C1. The molecule has 0 radical (unpaired) electrons. The molecular formula is C17H18O2S. The first kappa shape index (κ1) is 13.4. The van der Waals surface area contributed by atoms with Gasteiger partial charge in [-0.1, -0.05) is 30.3 Å². The summed E-state index contributed by atoms with van der Waals surface area (Å²) >= 11 is 1.71. The quantitative estimate of drug-likeness (QED) is 0.924. The summed E-state index contributed by atoms with van der Waals surface area (Å²) in [5, 5.41) is 11.8. The highest BCUT2D eigenvalue weighted by molar-refractivity contribution is 7.09. The van der Waals surface area contributed by atoms with E-state index in [1.165, 1.54) is 16.0 Å². The zero-order chi connectivity index (χ0) is 14.0. The predicted octanol–water partition coefficient (Wildman–Crippen LogP) is 3.94. The lowest BCUT2D eigenvalue weighted by molar-refractivity contribution is -0.150. The van der Waals surface area contributed by atoms with Crippen molar-refractivity contribution in [2.75, 3.05) is 0 Å². The molecule has 1 aromatic carbocycles. The Kier molecular flexibility index (Phi) is 3.62. The smallest absolute Gasteiger partial charge is 0.309 e. The van der Waals surface area contributed by atoms with Crippen LogP contribution in [0.25, 0.3) is 0 Å². The largest absolute Gasteiger partial charge is 0.481 e. The summed E-state index contributed by atoms with van der Waals surface area (Å²) in [5.41, 5.74) is 1.95. The Morgan fingerprint density at radius 1 is 1.20 bits per heavy atom. The molecule has 3 rings (SSSR count). The minimum absolute atomic E-state index is 0.585. The van der Waals surface area contributed by atoms with Gasteiger partial charge < -0.3 is 5.11 Å². The molecule has 1 heterocycles. The molecule has 1 aliphatic carbocycles. The highest BCUT2D eigenvalue weighted by Gasteiger charge is 2.40. The second-order valence-corrected chi connectivity index (χ2v) is 6.64.